The van der Waals surface area contributed by atoms with Crippen LogP contribution in [0.2, 0.25) is 10.0 Å². The van der Waals surface area contributed by atoms with Gasteiger partial charge in [-0.15, -0.1) is 0 Å². The van der Waals surface area contributed by atoms with E-state index < -0.39 is 0 Å². The number of ether oxygens (including phenoxy) is 1. The number of aromatic nitrogens is 4. The summed E-state index contributed by atoms with van der Waals surface area (Å²) in [7, 11) is 0. The Morgan fingerprint density at radius 2 is 2.17 bits per heavy atom. The smallest absolute Gasteiger partial charge is 0.200 e. The van der Waals surface area contributed by atoms with Crippen LogP contribution in [0.3, 0.4) is 0 Å². The van der Waals surface area contributed by atoms with Gasteiger partial charge in [-0.2, -0.15) is 0 Å². The Labute approximate surface area is 156 Å². The first-order chi connectivity index (χ1) is 11.6. The molecule has 124 valence electrons. The Morgan fingerprint density at radius 1 is 1.29 bits per heavy atom. The van der Waals surface area contributed by atoms with Crippen LogP contribution in [0, 0.1) is 0 Å². The predicted octanol–water partition coefficient (Wildman–Crippen LogP) is 4.95. The van der Waals surface area contributed by atoms with Crippen molar-refractivity contribution < 1.29 is 4.74 Å². The fourth-order valence-corrected chi connectivity index (χ4v) is 3.39. The summed E-state index contributed by atoms with van der Waals surface area (Å²) in [6.45, 7) is 0.750. The average molecular weight is 429 g/mol. The third-order valence-corrected chi connectivity index (χ3v) is 4.99. The van der Waals surface area contributed by atoms with E-state index in [1.165, 1.54) is 0 Å². The molecular weight excluding hydrogens is 417 g/mol. The summed E-state index contributed by atoms with van der Waals surface area (Å²) in [4.78, 5) is 13.3. The maximum atomic E-state index is 6.25. The lowest BCUT2D eigenvalue weighted by Gasteiger charge is -2.12. The molecular formula is C15H12BrCl2N5O. The van der Waals surface area contributed by atoms with E-state index in [2.05, 4.69) is 36.2 Å². The molecule has 1 aliphatic heterocycles. The monoisotopic (exact) mass is 427 g/mol. The van der Waals surface area contributed by atoms with Gasteiger partial charge in [0.05, 0.1) is 22.1 Å². The summed E-state index contributed by atoms with van der Waals surface area (Å²) in [5.41, 5.74) is 2.00. The van der Waals surface area contributed by atoms with E-state index in [0.717, 1.165) is 19.4 Å². The summed E-state index contributed by atoms with van der Waals surface area (Å²) in [5, 5.41) is 4.09. The Morgan fingerprint density at radius 3 is 2.96 bits per heavy atom. The summed E-state index contributed by atoms with van der Waals surface area (Å²) in [6, 6.07) is 5.37. The van der Waals surface area contributed by atoms with Gasteiger partial charge in [0.2, 0.25) is 4.73 Å². The zero-order valence-electron chi connectivity index (χ0n) is 12.3. The summed E-state index contributed by atoms with van der Waals surface area (Å²) in [6.07, 6.45) is 3.65. The van der Waals surface area contributed by atoms with Crippen molar-refractivity contribution in [2.24, 2.45) is 0 Å². The van der Waals surface area contributed by atoms with Gasteiger partial charge in [-0.25, -0.2) is 15.0 Å². The minimum atomic E-state index is -0.0422. The van der Waals surface area contributed by atoms with E-state index in [1.807, 2.05) is 16.7 Å². The van der Waals surface area contributed by atoms with E-state index in [4.69, 9.17) is 27.9 Å². The molecule has 0 amide bonds. The molecule has 1 unspecified atom stereocenters. The van der Waals surface area contributed by atoms with Crippen molar-refractivity contribution in [1.29, 1.82) is 0 Å². The number of imidazole rings is 1. The molecule has 1 N–H and O–H groups in total. The first-order valence-corrected chi connectivity index (χ1v) is 8.91. The third-order valence-electron chi connectivity index (χ3n) is 3.81. The van der Waals surface area contributed by atoms with E-state index in [0.29, 0.717) is 37.4 Å². The third kappa shape index (κ3) is 2.86. The molecule has 24 heavy (non-hydrogen) atoms. The van der Waals surface area contributed by atoms with Gasteiger partial charge in [0, 0.05) is 6.61 Å². The second-order valence-corrected chi connectivity index (χ2v) is 6.85. The van der Waals surface area contributed by atoms with Gasteiger partial charge in [0.1, 0.15) is 6.23 Å². The number of nitrogens with zero attached hydrogens (tertiary/aromatic N) is 4. The number of anilines is 2. The average Bonchev–Trinajstić information content (AvgIpc) is 3.20. The van der Waals surface area contributed by atoms with Crippen molar-refractivity contribution in [2.75, 3.05) is 11.9 Å². The first kappa shape index (κ1) is 16.1. The molecule has 3 heterocycles. The normalized spacial score (nSPS) is 17.5. The zero-order chi connectivity index (χ0) is 16.7. The number of hydrogen-bond acceptors (Lipinski definition) is 5. The highest BCUT2D eigenvalue weighted by atomic mass is 79.9. The van der Waals surface area contributed by atoms with Gasteiger partial charge >= 0.3 is 0 Å². The molecule has 1 aliphatic rings. The van der Waals surface area contributed by atoms with E-state index in [9.17, 15) is 0 Å². The van der Waals surface area contributed by atoms with Crippen LogP contribution in [0.4, 0.5) is 11.5 Å². The molecule has 0 saturated carbocycles. The number of benzene rings is 1. The van der Waals surface area contributed by atoms with E-state index >= 15 is 0 Å². The highest BCUT2D eigenvalue weighted by molar-refractivity contribution is 9.10. The van der Waals surface area contributed by atoms with Gasteiger partial charge in [-0.05, 0) is 40.9 Å². The van der Waals surface area contributed by atoms with Crippen molar-refractivity contribution >= 4 is 61.8 Å². The first-order valence-electron chi connectivity index (χ1n) is 7.36. The summed E-state index contributed by atoms with van der Waals surface area (Å²) >= 11 is 15.7. The highest BCUT2D eigenvalue weighted by Crippen LogP contribution is 2.34. The van der Waals surface area contributed by atoms with Gasteiger partial charge in [-0.1, -0.05) is 29.3 Å². The Hall–Kier alpha value is -1.41. The van der Waals surface area contributed by atoms with Gasteiger partial charge in [-0.3, -0.25) is 4.57 Å². The summed E-state index contributed by atoms with van der Waals surface area (Å²) in [5.74, 6) is 0.549. The molecule has 3 aromatic rings. The second-order valence-electron chi connectivity index (χ2n) is 5.36. The van der Waals surface area contributed by atoms with Crippen LogP contribution in [0.25, 0.3) is 11.2 Å². The molecule has 4 rings (SSSR count). The van der Waals surface area contributed by atoms with Crippen LogP contribution in [0.5, 0.6) is 0 Å². The molecule has 1 fully saturated rings. The number of hydrogen-bond donors (Lipinski definition) is 1. The van der Waals surface area contributed by atoms with Crippen molar-refractivity contribution in [3.8, 4) is 0 Å². The van der Waals surface area contributed by atoms with Gasteiger partial charge in [0.15, 0.2) is 17.0 Å². The minimum absolute atomic E-state index is 0.0422. The van der Waals surface area contributed by atoms with E-state index in [1.54, 1.807) is 12.4 Å². The quantitative estimate of drug-likeness (QED) is 0.598. The standard InChI is InChI=1S/C15H12BrCl2N5O/c16-15-21-13(20-9-4-1-3-8(17)11(9)18)12-14(22-15)23(7-19-12)10-5-2-6-24-10/h1,3-4,7,10H,2,5-6H2,(H,20,21,22). The topological polar surface area (TPSA) is 64.9 Å². The Kier molecular flexibility index (Phi) is 4.34. The van der Waals surface area contributed by atoms with Crippen LogP contribution in [0.1, 0.15) is 19.1 Å². The molecule has 1 atom stereocenters. The number of rotatable bonds is 3. The molecule has 0 radical (unpaired) electrons. The molecule has 1 saturated heterocycles. The molecule has 2 aromatic heterocycles. The molecule has 0 aliphatic carbocycles. The predicted molar refractivity (Wildman–Crippen MR) is 97.0 cm³/mol. The van der Waals surface area contributed by atoms with Gasteiger partial charge in [0.25, 0.3) is 0 Å². The minimum Gasteiger partial charge on any atom is -0.358 e. The lowest BCUT2D eigenvalue weighted by Crippen LogP contribution is -2.07. The number of halogens is 3. The Balaban J connectivity index is 1.79. The maximum absolute atomic E-state index is 6.25. The SMILES string of the molecule is Clc1cccc(Nc2nc(Br)nc3c2ncn3C2CCCO2)c1Cl. The van der Waals surface area contributed by atoms with Crippen LogP contribution in [0.15, 0.2) is 29.3 Å². The zero-order valence-corrected chi connectivity index (χ0v) is 15.4. The molecule has 6 nitrogen and oxygen atoms in total. The molecule has 0 spiro atoms. The van der Waals surface area contributed by atoms with Crippen molar-refractivity contribution in [2.45, 2.75) is 19.1 Å². The van der Waals surface area contributed by atoms with Gasteiger partial charge < -0.3 is 10.1 Å². The highest BCUT2D eigenvalue weighted by Gasteiger charge is 2.22. The van der Waals surface area contributed by atoms with Crippen molar-refractivity contribution in [1.82, 2.24) is 19.5 Å². The largest absolute Gasteiger partial charge is 0.358 e. The summed E-state index contributed by atoms with van der Waals surface area (Å²) < 4.78 is 8.11. The fraction of sp³-hybridized carbons (Fsp3) is 0.267. The molecule has 9 heteroatoms. The molecule has 0 bridgehead atoms. The van der Waals surface area contributed by atoms with Crippen LogP contribution in [-0.4, -0.2) is 26.1 Å². The lowest BCUT2D eigenvalue weighted by atomic mass is 10.3. The maximum Gasteiger partial charge on any atom is 0.200 e. The van der Waals surface area contributed by atoms with Crippen LogP contribution < -0.4 is 5.32 Å². The molecule has 1 aromatic carbocycles. The van der Waals surface area contributed by atoms with Crippen molar-refractivity contribution in [3.05, 3.63) is 39.3 Å². The number of fused-ring (bicyclic) bond motifs is 1. The fourth-order valence-electron chi connectivity index (χ4n) is 2.70. The van der Waals surface area contributed by atoms with Crippen LogP contribution in [-0.2, 0) is 4.74 Å². The Bertz CT molecular complexity index is 910. The van der Waals surface area contributed by atoms with E-state index in [-0.39, 0.29) is 6.23 Å². The second kappa shape index (κ2) is 6.48. The van der Waals surface area contributed by atoms with Crippen molar-refractivity contribution in [3.63, 3.8) is 0 Å². The number of nitrogens with one attached hydrogen (secondary N) is 1. The lowest BCUT2D eigenvalue weighted by molar-refractivity contribution is 0.0592. The van der Waals surface area contributed by atoms with Crippen LogP contribution >= 0.6 is 39.1 Å².